The maximum atomic E-state index is 11.2. The zero-order chi connectivity index (χ0) is 9.14. The molecule has 1 aliphatic carbocycles. The third kappa shape index (κ3) is 2.15. The summed E-state index contributed by atoms with van der Waals surface area (Å²) in [5.74, 6) is 0.312. The Labute approximate surface area is 70.4 Å². The van der Waals surface area contributed by atoms with E-state index in [2.05, 4.69) is 0 Å². The molecule has 0 aromatic carbocycles. The van der Waals surface area contributed by atoms with Gasteiger partial charge in [0.2, 0.25) is 6.20 Å². The summed E-state index contributed by atoms with van der Waals surface area (Å²) in [4.78, 5) is 20.7. The molecule has 0 saturated heterocycles. The van der Waals surface area contributed by atoms with Crippen molar-refractivity contribution in [3.05, 3.63) is 21.9 Å². The van der Waals surface area contributed by atoms with E-state index in [-0.39, 0.29) is 5.78 Å². The van der Waals surface area contributed by atoms with Gasteiger partial charge in [-0.15, -0.1) is 0 Å². The second-order valence-corrected chi connectivity index (χ2v) is 3.21. The fraction of sp³-hybridized carbons (Fsp3) is 0.625. The van der Waals surface area contributed by atoms with Gasteiger partial charge in [-0.3, -0.25) is 14.9 Å². The molecule has 0 N–H and O–H groups in total. The summed E-state index contributed by atoms with van der Waals surface area (Å²) < 4.78 is 0. The summed E-state index contributed by atoms with van der Waals surface area (Å²) >= 11 is 0. The lowest BCUT2D eigenvalue weighted by molar-refractivity contribution is -0.403. The molecule has 1 saturated carbocycles. The first-order valence-corrected chi connectivity index (χ1v) is 3.97. The first-order valence-electron chi connectivity index (χ1n) is 3.97. The van der Waals surface area contributed by atoms with Gasteiger partial charge in [-0.2, -0.15) is 0 Å². The molecule has 12 heavy (non-hydrogen) atoms. The molecule has 0 bridgehead atoms. The maximum Gasteiger partial charge on any atom is 0.241 e. The second kappa shape index (κ2) is 3.47. The van der Waals surface area contributed by atoms with Gasteiger partial charge < -0.3 is 0 Å². The first kappa shape index (κ1) is 8.90. The Morgan fingerprint density at radius 3 is 2.83 bits per heavy atom. The van der Waals surface area contributed by atoms with Gasteiger partial charge >= 0.3 is 0 Å². The molecule has 0 amide bonds. The van der Waals surface area contributed by atoms with Gasteiger partial charge in [-0.25, -0.2) is 0 Å². The van der Waals surface area contributed by atoms with Crippen molar-refractivity contribution >= 4 is 5.78 Å². The smallest absolute Gasteiger partial charge is 0.241 e. The predicted octanol–water partition coefficient (Wildman–Crippen LogP) is 1.54. The van der Waals surface area contributed by atoms with E-state index in [1.165, 1.54) is 0 Å². The molecular weight excluding hydrogens is 158 g/mol. The first-order chi connectivity index (χ1) is 5.59. The fourth-order valence-electron chi connectivity index (χ4n) is 1.35. The van der Waals surface area contributed by atoms with Crippen molar-refractivity contribution in [2.24, 2.45) is 5.92 Å². The summed E-state index contributed by atoms with van der Waals surface area (Å²) in [6, 6.07) is 0. The van der Waals surface area contributed by atoms with Crippen LogP contribution in [0.2, 0.25) is 0 Å². The van der Waals surface area contributed by atoms with Gasteiger partial charge in [0.25, 0.3) is 0 Å². The lowest BCUT2D eigenvalue weighted by Crippen LogP contribution is -2.16. The van der Waals surface area contributed by atoms with Crippen LogP contribution in [0.25, 0.3) is 0 Å². The Hall–Kier alpha value is -1.19. The van der Waals surface area contributed by atoms with Gasteiger partial charge in [0, 0.05) is 6.42 Å². The number of nitrogens with zero attached hydrogens (tertiary/aromatic N) is 1. The van der Waals surface area contributed by atoms with Crippen LogP contribution in [0.1, 0.15) is 26.2 Å². The van der Waals surface area contributed by atoms with Crippen LogP contribution >= 0.6 is 0 Å². The van der Waals surface area contributed by atoms with Gasteiger partial charge in [-0.05, 0) is 18.8 Å². The molecule has 4 heteroatoms. The minimum Gasteiger partial charge on any atom is -0.294 e. The Morgan fingerprint density at radius 2 is 2.33 bits per heavy atom. The molecule has 1 rings (SSSR count). The molecule has 66 valence electrons. The van der Waals surface area contributed by atoms with Gasteiger partial charge in [-0.1, -0.05) is 6.92 Å². The molecule has 1 fully saturated rings. The molecule has 4 nitrogen and oxygen atoms in total. The van der Waals surface area contributed by atoms with E-state index >= 15 is 0 Å². The van der Waals surface area contributed by atoms with Crippen molar-refractivity contribution in [2.45, 2.75) is 26.2 Å². The summed E-state index contributed by atoms with van der Waals surface area (Å²) in [7, 11) is 0. The normalized spacial score (nSPS) is 27.6. The maximum absolute atomic E-state index is 11.2. The minimum atomic E-state index is -0.552. The van der Waals surface area contributed by atoms with E-state index in [1.807, 2.05) is 6.92 Å². The molecule has 1 unspecified atom stereocenters. The van der Waals surface area contributed by atoms with Gasteiger partial charge in [0.1, 0.15) is 0 Å². The molecular formula is C8H11NO3. The number of hydrogen-bond donors (Lipinski definition) is 0. The number of Topliss-reactive ketones (excluding diaryl/α,β-unsaturated/α-hetero) is 1. The quantitative estimate of drug-likeness (QED) is 0.340. The SMILES string of the molecule is CC1CC/C(=C\[N+](=O)[O-])C(=O)C1. The number of allylic oxidation sites excluding steroid dienone is 1. The summed E-state index contributed by atoms with van der Waals surface area (Å²) in [5, 5.41) is 10.1. The van der Waals surface area contributed by atoms with Crippen molar-refractivity contribution in [3.8, 4) is 0 Å². The van der Waals surface area contributed by atoms with Crippen LogP contribution in [0.4, 0.5) is 0 Å². The van der Waals surface area contributed by atoms with Crippen molar-refractivity contribution in [2.75, 3.05) is 0 Å². The van der Waals surface area contributed by atoms with E-state index in [0.717, 1.165) is 12.6 Å². The van der Waals surface area contributed by atoms with E-state index in [4.69, 9.17) is 0 Å². The van der Waals surface area contributed by atoms with Crippen molar-refractivity contribution in [1.29, 1.82) is 0 Å². The zero-order valence-corrected chi connectivity index (χ0v) is 6.95. The predicted molar refractivity (Wildman–Crippen MR) is 43.1 cm³/mol. The molecule has 0 aromatic heterocycles. The summed E-state index contributed by atoms with van der Waals surface area (Å²) in [5.41, 5.74) is 0.373. The van der Waals surface area contributed by atoms with E-state index in [9.17, 15) is 14.9 Å². The summed E-state index contributed by atoms with van der Waals surface area (Å²) in [6.07, 6.45) is 2.74. The lowest BCUT2D eigenvalue weighted by Gasteiger charge is -2.16. The van der Waals surface area contributed by atoms with Gasteiger partial charge in [0.15, 0.2) is 5.78 Å². The molecule has 0 aromatic rings. The van der Waals surface area contributed by atoms with Crippen LogP contribution in [-0.4, -0.2) is 10.7 Å². The van der Waals surface area contributed by atoms with Crippen LogP contribution < -0.4 is 0 Å². The highest BCUT2D eigenvalue weighted by molar-refractivity contribution is 5.95. The average molecular weight is 169 g/mol. The Kier molecular flexibility index (Phi) is 2.58. The highest BCUT2D eigenvalue weighted by atomic mass is 16.6. The Balaban J connectivity index is 2.69. The van der Waals surface area contributed by atoms with Crippen LogP contribution in [-0.2, 0) is 4.79 Å². The Bertz CT molecular complexity index is 245. The number of carbonyl (C=O) groups excluding carboxylic acids is 1. The Morgan fingerprint density at radius 1 is 1.67 bits per heavy atom. The lowest BCUT2D eigenvalue weighted by atomic mass is 9.86. The minimum absolute atomic E-state index is 0.0644. The third-order valence-corrected chi connectivity index (χ3v) is 2.06. The van der Waals surface area contributed by atoms with Crippen LogP contribution in [0.3, 0.4) is 0 Å². The van der Waals surface area contributed by atoms with Gasteiger partial charge in [0.05, 0.1) is 10.5 Å². The van der Waals surface area contributed by atoms with Crippen molar-refractivity contribution in [1.82, 2.24) is 0 Å². The average Bonchev–Trinajstić information content (AvgIpc) is 1.94. The monoisotopic (exact) mass is 169 g/mol. The van der Waals surface area contributed by atoms with E-state index in [0.29, 0.717) is 24.3 Å². The topological polar surface area (TPSA) is 60.2 Å². The number of rotatable bonds is 1. The van der Waals surface area contributed by atoms with Crippen LogP contribution in [0, 0.1) is 16.0 Å². The highest BCUT2D eigenvalue weighted by Gasteiger charge is 2.22. The standard InChI is InChI=1S/C8H11NO3/c1-6-2-3-7(5-9(11)12)8(10)4-6/h5-6H,2-4H2,1H3/b7-5+. The zero-order valence-electron chi connectivity index (χ0n) is 6.95. The molecule has 0 spiro atoms. The molecule has 0 aliphatic heterocycles. The van der Waals surface area contributed by atoms with Crippen molar-refractivity contribution < 1.29 is 9.72 Å². The molecule has 1 atom stereocenters. The van der Waals surface area contributed by atoms with Crippen LogP contribution in [0.5, 0.6) is 0 Å². The number of hydrogen-bond acceptors (Lipinski definition) is 3. The van der Waals surface area contributed by atoms with E-state index in [1.54, 1.807) is 0 Å². The number of nitro groups is 1. The molecule has 0 radical (unpaired) electrons. The second-order valence-electron chi connectivity index (χ2n) is 3.21. The fourth-order valence-corrected chi connectivity index (χ4v) is 1.35. The molecule has 0 heterocycles. The number of carbonyl (C=O) groups is 1. The van der Waals surface area contributed by atoms with Crippen molar-refractivity contribution in [3.63, 3.8) is 0 Å². The highest BCUT2D eigenvalue weighted by Crippen LogP contribution is 2.24. The van der Waals surface area contributed by atoms with Crippen LogP contribution in [0.15, 0.2) is 11.8 Å². The largest absolute Gasteiger partial charge is 0.294 e. The number of ketones is 1. The third-order valence-electron chi connectivity index (χ3n) is 2.06. The molecule has 1 aliphatic rings. The van der Waals surface area contributed by atoms with E-state index < -0.39 is 4.92 Å². The summed E-state index contributed by atoms with van der Waals surface area (Å²) in [6.45, 7) is 1.99.